The highest BCUT2D eigenvalue weighted by Crippen LogP contribution is 2.27. The number of aliphatic hydroxyl groups is 1. The van der Waals surface area contributed by atoms with Crippen LogP contribution in [0.2, 0.25) is 5.02 Å². The minimum Gasteiger partial charge on any atom is -0.391 e. The topological polar surface area (TPSA) is 114 Å². The molecule has 2 aromatic rings. The van der Waals surface area contributed by atoms with Crippen LogP contribution < -0.4 is 16.2 Å². The second-order valence-corrected chi connectivity index (χ2v) is 6.40. The molecule has 0 aliphatic heterocycles. The molecule has 7 nitrogen and oxygen atoms in total. The van der Waals surface area contributed by atoms with Gasteiger partial charge in [-0.15, -0.1) is 0 Å². The first-order chi connectivity index (χ1) is 13.2. The first-order valence-corrected chi connectivity index (χ1v) is 8.62. The number of nitriles is 1. The summed E-state index contributed by atoms with van der Waals surface area (Å²) in [5.41, 5.74) is 5.84. The van der Waals surface area contributed by atoms with Gasteiger partial charge in [-0.05, 0) is 55.8 Å². The number of benzene rings is 2. The standard InChI is InChI=1S/C19H18ClFN4O3/c1-10-15(8-5-13(9-22)16(10)20)23-17(11(2)26)19(28)25-24-18(27)12-3-6-14(21)7-4-12/h3-8,11,17,23,26H,1-2H3,(H,24,27)(H,25,28)/t11-,17+/m0/s1. The highest BCUT2D eigenvalue weighted by Gasteiger charge is 2.25. The van der Waals surface area contributed by atoms with Crippen LogP contribution in [0.1, 0.15) is 28.4 Å². The fourth-order valence-corrected chi connectivity index (χ4v) is 2.58. The second-order valence-electron chi connectivity index (χ2n) is 6.02. The lowest BCUT2D eigenvalue weighted by molar-refractivity contribution is -0.124. The minimum absolute atomic E-state index is 0.151. The average Bonchev–Trinajstić information content (AvgIpc) is 2.67. The lowest BCUT2D eigenvalue weighted by Crippen LogP contribution is -2.52. The highest BCUT2D eigenvalue weighted by molar-refractivity contribution is 6.32. The lowest BCUT2D eigenvalue weighted by atomic mass is 10.1. The molecular formula is C19H18ClFN4O3. The molecule has 2 atom stereocenters. The number of amides is 2. The molecule has 0 aliphatic carbocycles. The highest BCUT2D eigenvalue weighted by atomic mass is 35.5. The number of nitrogens with zero attached hydrogens (tertiary/aromatic N) is 1. The number of hydrogen-bond acceptors (Lipinski definition) is 5. The van der Waals surface area contributed by atoms with Gasteiger partial charge in [0.1, 0.15) is 17.9 Å². The predicted molar refractivity (Wildman–Crippen MR) is 102 cm³/mol. The van der Waals surface area contributed by atoms with Crippen LogP contribution in [0, 0.1) is 24.1 Å². The Bertz CT molecular complexity index is 926. The Hall–Kier alpha value is -3.15. The third kappa shape index (κ3) is 4.97. The summed E-state index contributed by atoms with van der Waals surface area (Å²) in [5.74, 6) is -1.84. The Morgan fingerprint density at radius 3 is 2.39 bits per heavy atom. The molecule has 28 heavy (non-hydrogen) atoms. The summed E-state index contributed by atoms with van der Waals surface area (Å²) in [7, 11) is 0. The van der Waals surface area contributed by atoms with Crippen molar-refractivity contribution in [3.63, 3.8) is 0 Å². The van der Waals surface area contributed by atoms with Crippen molar-refractivity contribution in [2.45, 2.75) is 26.0 Å². The molecule has 2 aromatic carbocycles. The fourth-order valence-electron chi connectivity index (χ4n) is 2.37. The van der Waals surface area contributed by atoms with Crippen LogP contribution >= 0.6 is 11.6 Å². The zero-order chi connectivity index (χ0) is 20.8. The molecule has 2 rings (SSSR count). The number of anilines is 1. The summed E-state index contributed by atoms with van der Waals surface area (Å²) in [6.45, 7) is 3.07. The maximum atomic E-state index is 12.9. The quantitative estimate of drug-likeness (QED) is 0.571. The molecule has 2 amide bonds. The Morgan fingerprint density at radius 2 is 1.82 bits per heavy atom. The number of carbonyl (C=O) groups is 2. The van der Waals surface area contributed by atoms with Gasteiger partial charge in [0.25, 0.3) is 11.8 Å². The van der Waals surface area contributed by atoms with Crippen molar-refractivity contribution >= 4 is 29.1 Å². The number of hydrazine groups is 1. The predicted octanol–water partition coefficient (Wildman–Crippen LogP) is 2.28. The molecular weight excluding hydrogens is 387 g/mol. The Labute approximate surface area is 166 Å². The van der Waals surface area contributed by atoms with Gasteiger partial charge in [-0.3, -0.25) is 20.4 Å². The van der Waals surface area contributed by atoms with Crippen molar-refractivity contribution < 1.29 is 19.1 Å². The van der Waals surface area contributed by atoms with Crippen LogP contribution in [0.4, 0.5) is 10.1 Å². The van der Waals surface area contributed by atoms with Gasteiger partial charge < -0.3 is 10.4 Å². The van der Waals surface area contributed by atoms with Crippen molar-refractivity contribution in [2.75, 3.05) is 5.32 Å². The van der Waals surface area contributed by atoms with E-state index in [0.29, 0.717) is 11.3 Å². The summed E-state index contributed by atoms with van der Waals surface area (Å²) in [6, 6.07) is 8.67. The van der Waals surface area contributed by atoms with E-state index in [4.69, 9.17) is 16.9 Å². The Kier molecular flexibility index (Phi) is 6.93. The van der Waals surface area contributed by atoms with Gasteiger partial charge in [0.05, 0.1) is 16.7 Å². The van der Waals surface area contributed by atoms with Crippen LogP contribution in [0.25, 0.3) is 0 Å². The van der Waals surface area contributed by atoms with E-state index in [1.807, 2.05) is 6.07 Å². The summed E-state index contributed by atoms with van der Waals surface area (Å²) in [6.07, 6.45) is -1.11. The third-order valence-corrected chi connectivity index (χ3v) is 4.48. The first kappa shape index (κ1) is 21.2. The summed E-state index contributed by atoms with van der Waals surface area (Å²) in [4.78, 5) is 24.4. The zero-order valence-electron chi connectivity index (χ0n) is 15.1. The molecule has 0 saturated carbocycles. The molecule has 0 aliphatic rings. The van der Waals surface area contributed by atoms with Crippen LogP contribution in [0.5, 0.6) is 0 Å². The summed E-state index contributed by atoms with van der Waals surface area (Å²) in [5, 5.41) is 22.0. The molecule has 0 radical (unpaired) electrons. The van der Waals surface area contributed by atoms with E-state index in [2.05, 4.69) is 16.2 Å². The number of hydrogen-bond donors (Lipinski definition) is 4. The maximum absolute atomic E-state index is 12.9. The van der Waals surface area contributed by atoms with E-state index in [0.717, 1.165) is 12.1 Å². The lowest BCUT2D eigenvalue weighted by Gasteiger charge is -2.23. The van der Waals surface area contributed by atoms with E-state index < -0.39 is 29.8 Å². The molecule has 0 heterocycles. The molecule has 0 aromatic heterocycles. The summed E-state index contributed by atoms with van der Waals surface area (Å²) < 4.78 is 12.9. The van der Waals surface area contributed by atoms with Gasteiger partial charge in [-0.1, -0.05) is 11.6 Å². The van der Waals surface area contributed by atoms with E-state index in [9.17, 15) is 19.1 Å². The molecule has 0 unspecified atom stereocenters. The van der Waals surface area contributed by atoms with Crippen LogP contribution in [0.3, 0.4) is 0 Å². The maximum Gasteiger partial charge on any atom is 0.269 e. The molecule has 0 bridgehead atoms. The van der Waals surface area contributed by atoms with E-state index in [1.54, 1.807) is 13.0 Å². The summed E-state index contributed by atoms with van der Waals surface area (Å²) >= 11 is 6.11. The smallest absolute Gasteiger partial charge is 0.269 e. The molecule has 0 saturated heterocycles. The monoisotopic (exact) mass is 404 g/mol. The van der Waals surface area contributed by atoms with Crippen molar-refractivity contribution in [1.82, 2.24) is 10.9 Å². The number of carbonyl (C=O) groups excluding carboxylic acids is 2. The van der Waals surface area contributed by atoms with Gasteiger partial charge in [-0.25, -0.2) is 4.39 Å². The van der Waals surface area contributed by atoms with Gasteiger partial charge >= 0.3 is 0 Å². The minimum atomic E-state index is -1.11. The number of nitrogens with one attached hydrogen (secondary N) is 3. The van der Waals surface area contributed by atoms with Crippen molar-refractivity contribution in [2.24, 2.45) is 0 Å². The molecule has 146 valence electrons. The second kappa shape index (κ2) is 9.17. The van der Waals surface area contributed by atoms with Crippen molar-refractivity contribution in [1.29, 1.82) is 5.26 Å². The van der Waals surface area contributed by atoms with E-state index in [1.165, 1.54) is 25.1 Å². The Morgan fingerprint density at radius 1 is 1.18 bits per heavy atom. The van der Waals surface area contributed by atoms with Crippen LogP contribution in [-0.2, 0) is 4.79 Å². The normalized spacial score (nSPS) is 12.4. The molecule has 0 spiro atoms. The number of rotatable bonds is 5. The van der Waals surface area contributed by atoms with Gasteiger partial charge in [-0.2, -0.15) is 5.26 Å². The van der Waals surface area contributed by atoms with E-state index in [-0.39, 0.29) is 16.1 Å². The molecule has 0 fully saturated rings. The third-order valence-electron chi connectivity index (χ3n) is 3.99. The molecule has 4 N–H and O–H groups in total. The number of halogens is 2. The fraction of sp³-hybridized carbons (Fsp3) is 0.211. The Balaban J connectivity index is 2.08. The van der Waals surface area contributed by atoms with Crippen molar-refractivity contribution in [3.05, 3.63) is 63.9 Å². The number of aliphatic hydroxyl groups excluding tert-OH is 1. The average molecular weight is 405 g/mol. The van der Waals surface area contributed by atoms with Crippen molar-refractivity contribution in [3.8, 4) is 6.07 Å². The van der Waals surface area contributed by atoms with Gasteiger partial charge in [0.15, 0.2) is 0 Å². The molecule has 9 heteroatoms. The SMILES string of the molecule is Cc1c(N[C@@H](C(=O)NNC(=O)c2ccc(F)cc2)[C@H](C)O)ccc(C#N)c1Cl. The zero-order valence-corrected chi connectivity index (χ0v) is 15.8. The van der Waals surface area contributed by atoms with E-state index >= 15 is 0 Å². The van der Waals surface area contributed by atoms with Gasteiger partial charge in [0.2, 0.25) is 0 Å². The van der Waals surface area contributed by atoms with Crippen LogP contribution in [0.15, 0.2) is 36.4 Å². The first-order valence-electron chi connectivity index (χ1n) is 8.24. The largest absolute Gasteiger partial charge is 0.391 e. The van der Waals surface area contributed by atoms with Gasteiger partial charge in [0, 0.05) is 11.3 Å². The van der Waals surface area contributed by atoms with Crippen LogP contribution in [-0.4, -0.2) is 29.1 Å².